The van der Waals surface area contributed by atoms with Crippen LogP contribution in [0.1, 0.15) is 29.9 Å². The minimum atomic E-state index is -1.13. The molecule has 2 amide bonds. The molecular formula is C17H21N3O4. The summed E-state index contributed by atoms with van der Waals surface area (Å²) in [5, 5.41) is 14.7. The van der Waals surface area contributed by atoms with Crippen molar-refractivity contribution < 1.29 is 19.5 Å². The molecule has 24 heavy (non-hydrogen) atoms. The summed E-state index contributed by atoms with van der Waals surface area (Å²) >= 11 is 0. The number of carboxylic acid groups (broad SMARTS) is 1. The second-order valence-electron chi connectivity index (χ2n) is 5.91. The maximum Gasteiger partial charge on any atom is 0.325 e. The van der Waals surface area contributed by atoms with Crippen molar-refractivity contribution in [2.75, 3.05) is 0 Å². The van der Waals surface area contributed by atoms with E-state index in [2.05, 4.69) is 10.6 Å². The number of aryl methyl sites for hydroxylation is 2. The highest BCUT2D eigenvalue weighted by atomic mass is 16.4. The molecule has 0 aliphatic carbocycles. The smallest absolute Gasteiger partial charge is 0.325 e. The third-order valence-corrected chi connectivity index (χ3v) is 3.90. The van der Waals surface area contributed by atoms with Crippen LogP contribution >= 0.6 is 0 Å². The maximum atomic E-state index is 12.4. The lowest BCUT2D eigenvalue weighted by Gasteiger charge is -2.16. The van der Waals surface area contributed by atoms with Crippen LogP contribution in [0.3, 0.4) is 0 Å². The van der Waals surface area contributed by atoms with Gasteiger partial charge >= 0.3 is 5.97 Å². The van der Waals surface area contributed by atoms with Crippen LogP contribution in [-0.4, -0.2) is 39.5 Å². The number of hydrogen-bond donors (Lipinski definition) is 3. The first-order valence-electron chi connectivity index (χ1n) is 7.61. The zero-order chi connectivity index (χ0) is 18.0. The average Bonchev–Trinajstić information content (AvgIpc) is 2.83. The molecular weight excluding hydrogens is 310 g/mol. The Morgan fingerprint density at radius 3 is 2.38 bits per heavy atom. The Morgan fingerprint density at radius 2 is 1.75 bits per heavy atom. The summed E-state index contributed by atoms with van der Waals surface area (Å²) in [5.41, 5.74) is 2.44. The molecule has 2 rings (SSSR count). The Bertz CT molecular complexity index is 810. The number of amides is 2. The molecule has 0 fully saturated rings. The summed E-state index contributed by atoms with van der Waals surface area (Å²) < 4.78 is 1.76. The van der Waals surface area contributed by atoms with Gasteiger partial charge in [-0.2, -0.15) is 0 Å². The highest BCUT2D eigenvalue weighted by molar-refractivity contribution is 6.01. The maximum absolute atomic E-state index is 12.4. The van der Waals surface area contributed by atoms with Crippen LogP contribution in [0.2, 0.25) is 0 Å². The first-order chi connectivity index (χ1) is 11.2. The van der Waals surface area contributed by atoms with Gasteiger partial charge in [-0.15, -0.1) is 0 Å². The van der Waals surface area contributed by atoms with Crippen LogP contribution in [0.15, 0.2) is 24.3 Å². The molecule has 1 heterocycles. The molecule has 2 atom stereocenters. The number of rotatable bonds is 5. The number of nitrogens with zero attached hydrogens (tertiary/aromatic N) is 1. The van der Waals surface area contributed by atoms with Gasteiger partial charge in [0.05, 0.1) is 0 Å². The molecule has 1 aromatic heterocycles. The van der Waals surface area contributed by atoms with Crippen LogP contribution in [-0.2, 0) is 16.6 Å². The van der Waals surface area contributed by atoms with Gasteiger partial charge in [-0.3, -0.25) is 14.4 Å². The molecule has 0 aliphatic heterocycles. The number of carboxylic acids is 1. The van der Waals surface area contributed by atoms with Crippen molar-refractivity contribution in [2.45, 2.75) is 32.9 Å². The van der Waals surface area contributed by atoms with Gasteiger partial charge in [0.2, 0.25) is 5.91 Å². The van der Waals surface area contributed by atoms with Gasteiger partial charge in [-0.05, 0) is 39.0 Å². The molecule has 0 radical (unpaired) electrons. The third-order valence-electron chi connectivity index (χ3n) is 3.90. The lowest BCUT2D eigenvalue weighted by atomic mass is 10.2. The number of benzene rings is 1. The van der Waals surface area contributed by atoms with E-state index in [1.54, 1.807) is 17.7 Å². The Kier molecular flexibility index (Phi) is 4.92. The molecule has 1 aromatic carbocycles. The normalized spacial score (nSPS) is 13.3. The number of nitrogens with one attached hydrogen (secondary N) is 2. The predicted molar refractivity (Wildman–Crippen MR) is 89.8 cm³/mol. The molecule has 7 heteroatoms. The van der Waals surface area contributed by atoms with Crippen molar-refractivity contribution in [3.05, 3.63) is 35.5 Å². The number of aliphatic carboxylic acids is 1. The lowest BCUT2D eigenvalue weighted by Crippen LogP contribution is -2.49. The average molecular weight is 331 g/mol. The molecule has 128 valence electrons. The minimum absolute atomic E-state index is 0.392. The van der Waals surface area contributed by atoms with E-state index in [1.807, 2.05) is 25.1 Å². The van der Waals surface area contributed by atoms with Gasteiger partial charge < -0.3 is 20.3 Å². The second-order valence-corrected chi connectivity index (χ2v) is 5.91. The predicted octanol–water partition coefficient (Wildman–Crippen LogP) is 1.19. The lowest BCUT2D eigenvalue weighted by molar-refractivity contribution is -0.141. The van der Waals surface area contributed by atoms with E-state index in [4.69, 9.17) is 5.11 Å². The highest BCUT2D eigenvalue weighted by Gasteiger charge is 2.22. The number of fused-ring (bicyclic) bond motifs is 1. The number of aromatic nitrogens is 1. The summed E-state index contributed by atoms with van der Waals surface area (Å²) in [6.45, 7) is 4.85. The van der Waals surface area contributed by atoms with Crippen LogP contribution < -0.4 is 10.6 Å². The van der Waals surface area contributed by atoms with Gasteiger partial charge in [-0.25, -0.2) is 0 Å². The molecule has 0 spiro atoms. The summed E-state index contributed by atoms with van der Waals surface area (Å²) in [4.78, 5) is 35.1. The molecule has 2 aromatic rings. The fourth-order valence-electron chi connectivity index (χ4n) is 2.42. The molecule has 0 saturated carbocycles. The van der Waals surface area contributed by atoms with Crippen molar-refractivity contribution in [3.63, 3.8) is 0 Å². The van der Waals surface area contributed by atoms with Crippen molar-refractivity contribution >= 4 is 28.7 Å². The van der Waals surface area contributed by atoms with Gasteiger partial charge in [0, 0.05) is 18.0 Å². The van der Waals surface area contributed by atoms with E-state index in [9.17, 15) is 14.4 Å². The zero-order valence-electron chi connectivity index (χ0n) is 14.1. The summed E-state index contributed by atoms with van der Waals surface area (Å²) in [6.07, 6.45) is 0. The first kappa shape index (κ1) is 17.5. The van der Waals surface area contributed by atoms with Crippen LogP contribution in [0.25, 0.3) is 10.9 Å². The van der Waals surface area contributed by atoms with E-state index >= 15 is 0 Å². The van der Waals surface area contributed by atoms with E-state index in [0.717, 1.165) is 16.5 Å². The second kappa shape index (κ2) is 6.74. The first-order valence-corrected chi connectivity index (χ1v) is 7.61. The Morgan fingerprint density at radius 1 is 1.08 bits per heavy atom. The summed E-state index contributed by atoms with van der Waals surface area (Å²) in [5.74, 6) is -2.07. The van der Waals surface area contributed by atoms with Gasteiger partial charge in [-0.1, -0.05) is 11.6 Å². The minimum Gasteiger partial charge on any atom is -0.480 e. The Balaban J connectivity index is 2.13. The fourth-order valence-corrected chi connectivity index (χ4v) is 2.42. The van der Waals surface area contributed by atoms with Crippen LogP contribution in [0.4, 0.5) is 0 Å². The van der Waals surface area contributed by atoms with E-state index in [1.165, 1.54) is 13.8 Å². The Hall–Kier alpha value is -2.83. The van der Waals surface area contributed by atoms with Crippen molar-refractivity contribution in [1.82, 2.24) is 15.2 Å². The van der Waals surface area contributed by atoms with Crippen molar-refractivity contribution in [3.8, 4) is 0 Å². The van der Waals surface area contributed by atoms with E-state index in [0.29, 0.717) is 5.69 Å². The highest BCUT2D eigenvalue weighted by Crippen LogP contribution is 2.20. The van der Waals surface area contributed by atoms with Gasteiger partial charge in [0.1, 0.15) is 17.8 Å². The summed E-state index contributed by atoms with van der Waals surface area (Å²) in [7, 11) is 1.78. The van der Waals surface area contributed by atoms with E-state index < -0.39 is 29.9 Å². The van der Waals surface area contributed by atoms with Gasteiger partial charge in [0.25, 0.3) is 5.91 Å². The zero-order valence-corrected chi connectivity index (χ0v) is 14.1. The van der Waals surface area contributed by atoms with Crippen molar-refractivity contribution in [1.29, 1.82) is 0 Å². The molecule has 2 unspecified atom stereocenters. The molecule has 0 saturated heterocycles. The van der Waals surface area contributed by atoms with Crippen molar-refractivity contribution in [2.24, 2.45) is 7.05 Å². The SMILES string of the molecule is Cc1ccc2c(c1)cc(C(=O)NC(C)C(=O)NC(C)C(=O)O)n2C. The fraction of sp³-hybridized carbons (Fsp3) is 0.353. The van der Waals surface area contributed by atoms with Crippen LogP contribution in [0, 0.1) is 6.92 Å². The molecule has 3 N–H and O–H groups in total. The van der Waals surface area contributed by atoms with E-state index in [-0.39, 0.29) is 0 Å². The Labute approximate surface area is 139 Å². The number of carbonyl (C=O) groups is 3. The third kappa shape index (κ3) is 3.56. The molecule has 7 nitrogen and oxygen atoms in total. The molecule has 0 aliphatic rings. The van der Waals surface area contributed by atoms with Crippen LogP contribution in [0.5, 0.6) is 0 Å². The quantitative estimate of drug-likeness (QED) is 0.766. The largest absolute Gasteiger partial charge is 0.480 e. The number of hydrogen-bond acceptors (Lipinski definition) is 3. The monoisotopic (exact) mass is 331 g/mol. The van der Waals surface area contributed by atoms with Gasteiger partial charge in [0.15, 0.2) is 0 Å². The molecule has 0 bridgehead atoms. The standard InChI is InChI=1S/C17H21N3O4/c1-9-5-6-13-12(7-9)8-14(20(13)4)16(22)18-10(2)15(21)19-11(3)17(23)24/h5-8,10-11H,1-4H3,(H,18,22)(H,19,21)(H,23,24). The number of carbonyl (C=O) groups excluding carboxylic acids is 2. The topological polar surface area (TPSA) is 100 Å². The summed E-state index contributed by atoms with van der Waals surface area (Å²) in [6, 6.07) is 5.79.